The second kappa shape index (κ2) is 4.29. The van der Waals surface area contributed by atoms with Crippen LogP contribution in [0.2, 0.25) is 0 Å². The van der Waals surface area contributed by atoms with Crippen LogP contribution in [0.3, 0.4) is 0 Å². The van der Waals surface area contributed by atoms with Crippen LogP contribution in [0.1, 0.15) is 12.0 Å². The van der Waals surface area contributed by atoms with Gasteiger partial charge in [-0.05, 0) is 25.1 Å². The largest absolute Gasteiger partial charge is 0.473 e. The zero-order chi connectivity index (χ0) is 11.6. The monoisotopic (exact) mass is 232 g/mol. The van der Waals surface area contributed by atoms with Gasteiger partial charge in [0.25, 0.3) is 0 Å². The van der Waals surface area contributed by atoms with Gasteiger partial charge in [0.2, 0.25) is 5.88 Å². The second-order valence-corrected chi connectivity index (χ2v) is 3.59. The number of hydrogen-bond acceptors (Lipinski definition) is 3. The van der Waals surface area contributed by atoms with Gasteiger partial charge in [0.05, 0.1) is 0 Å². The molecule has 0 unspecified atom stereocenters. The van der Waals surface area contributed by atoms with Gasteiger partial charge >= 0.3 is 6.18 Å². The Morgan fingerprint density at radius 3 is 2.88 bits per heavy atom. The number of hydrogen-bond donors (Lipinski definition) is 1. The van der Waals surface area contributed by atoms with E-state index in [0.717, 1.165) is 12.6 Å². The summed E-state index contributed by atoms with van der Waals surface area (Å²) >= 11 is 0. The van der Waals surface area contributed by atoms with Crippen LogP contribution in [0, 0.1) is 0 Å². The van der Waals surface area contributed by atoms with Crippen LogP contribution < -0.4 is 10.1 Å². The minimum absolute atomic E-state index is 0.226. The summed E-state index contributed by atoms with van der Waals surface area (Å²) in [5.74, 6) is -0.330. The maximum Gasteiger partial charge on any atom is 0.421 e. The van der Waals surface area contributed by atoms with Crippen molar-refractivity contribution in [1.82, 2.24) is 10.3 Å². The van der Waals surface area contributed by atoms with Crippen molar-refractivity contribution in [3.8, 4) is 5.88 Å². The molecule has 0 radical (unpaired) electrons. The number of alkyl halides is 3. The van der Waals surface area contributed by atoms with Gasteiger partial charge in [-0.3, -0.25) is 0 Å². The third kappa shape index (κ3) is 2.44. The maximum absolute atomic E-state index is 12.6. The van der Waals surface area contributed by atoms with Crippen LogP contribution >= 0.6 is 0 Å². The highest BCUT2D eigenvalue weighted by molar-refractivity contribution is 5.28. The lowest BCUT2D eigenvalue weighted by Gasteiger charge is -2.15. The predicted octanol–water partition coefficient (Wildman–Crippen LogP) is 1.84. The SMILES string of the molecule is FC(F)(F)c1cccnc1O[C@@H]1CCNC1. The van der Waals surface area contributed by atoms with Gasteiger partial charge in [-0.15, -0.1) is 0 Å². The van der Waals surface area contributed by atoms with Gasteiger partial charge in [-0.1, -0.05) is 0 Å². The summed E-state index contributed by atoms with van der Waals surface area (Å²) in [4.78, 5) is 3.64. The minimum Gasteiger partial charge on any atom is -0.473 e. The molecule has 1 aromatic heterocycles. The van der Waals surface area contributed by atoms with E-state index in [1.165, 1.54) is 12.3 Å². The lowest BCUT2D eigenvalue weighted by molar-refractivity contribution is -0.139. The minimum atomic E-state index is -4.42. The van der Waals surface area contributed by atoms with Crippen molar-refractivity contribution in [3.05, 3.63) is 23.9 Å². The van der Waals surface area contributed by atoms with Gasteiger partial charge in [0.1, 0.15) is 11.7 Å². The highest BCUT2D eigenvalue weighted by Gasteiger charge is 2.35. The van der Waals surface area contributed by atoms with Crippen LogP contribution in [0.25, 0.3) is 0 Å². The second-order valence-electron chi connectivity index (χ2n) is 3.59. The Bertz CT molecular complexity index is 361. The predicted molar refractivity (Wildman–Crippen MR) is 51.1 cm³/mol. The molecule has 16 heavy (non-hydrogen) atoms. The molecule has 0 amide bonds. The fourth-order valence-electron chi connectivity index (χ4n) is 1.59. The summed E-state index contributed by atoms with van der Waals surface area (Å²) in [6, 6.07) is 2.23. The average molecular weight is 232 g/mol. The molecule has 1 fully saturated rings. The molecule has 0 aromatic carbocycles. The summed E-state index contributed by atoms with van der Waals surface area (Å²) in [7, 11) is 0. The first kappa shape index (κ1) is 11.2. The number of nitrogens with zero attached hydrogens (tertiary/aromatic N) is 1. The maximum atomic E-state index is 12.6. The van der Waals surface area contributed by atoms with E-state index in [1.54, 1.807) is 0 Å². The van der Waals surface area contributed by atoms with Gasteiger partial charge in [0, 0.05) is 12.7 Å². The van der Waals surface area contributed by atoms with E-state index in [4.69, 9.17) is 4.74 Å². The van der Waals surface area contributed by atoms with E-state index < -0.39 is 11.7 Å². The number of pyridine rings is 1. The topological polar surface area (TPSA) is 34.1 Å². The van der Waals surface area contributed by atoms with Crippen LogP contribution in [0.15, 0.2) is 18.3 Å². The van der Waals surface area contributed by atoms with Crippen molar-refractivity contribution in [1.29, 1.82) is 0 Å². The molecule has 1 aromatic rings. The van der Waals surface area contributed by atoms with Crippen molar-refractivity contribution in [2.24, 2.45) is 0 Å². The van der Waals surface area contributed by atoms with Crippen molar-refractivity contribution in [2.75, 3.05) is 13.1 Å². The summed E-state index contributed by atoms with van der Waals surface area (Å²) in [5.41, 5.74) is -0.818. The van der Waals surface area contributed by atoms with E-state index in [1.807, 2.05) is 0 Å². The van der Waals surface area contributed by atoms with E-state index in [2.05, 4.69) is 10.3 Å². The molecule has 0 bridgehead atoms. The first-order valence-electron chi connectivity index (χ1n) is 4.97. The fraction of sp³-hybridized carbons (Fsp3) is 0.500. The molecule has 1 N–H and O–H groups in total. The first-order valence-corrected chi connectivity index (χ1v) is 4.97. The van der Waals surface area contributed by atoms with Crippen molar-refractivity contribution < 1.29 is 17.9 Å². The Morgan fingerprint density at radius 1 is 1.44 bits per heavy atom. The molecule has 1 aliphatic rings. The molecule has 2 rings (SSSR count). The van der Waals surface area contributed by atoms with E-state index in [-0.39, 0.29) is 12.0 Å². The van der Waals surface area contributed by atoms with Crippen molar-refractivity contribution in [2.45, 2.75) is 18.7 Å². The highest BCUT2D eigenvalue weighted by Crippen LogP contribution is 2.35. The lowest BCUT2D eigenvalue weighted by Crippen LogP contribution is -2.22. The van der Waals surface area contributed by atoms with E-state index in [0.29, 0.717) is 13.0 Å². The molecule has 6 heteroatoms. The standard InChI is InChI=1S/C10H11F3N2O/c11-10(12,13)8-2-1-4-15-9(8)16-7-3-5-14-6-7/h1-2,4,7,14H,3,5-6H2/t7-/m1/s1. The first-order chi connectivity index (χ1) is 7.57. The molecule has 0 aliphatic carbocycles. The Labute approximate surface area is 90.6 Å². The molecule has 0 spiro atoms. The van der Waals surface area contributed by atoms with Crippen LogP contribution in [-0.4, -0.2) is 24.2 Å². The Kier molecular flexibility index (Phi) is 3.00. The van der Waals surface area contributed by atoms with Gasteiger partial charge in [-0.25, -0.2) is 4.98 Å². The number of ether oxygens (including phenoxy) is 1. The van der Waals surface area contributed by atoms with Crippen molar-refractivity contribution >= 4 is 0 Å². The quantitative estimate of drug-likeness (QED) is 0.844. The van der Waals surface area contributed by atoms with Crippen molar-refractivity contribution in [3.63, 3.8) is 0 Å². The molecule has 2 heterocycles. The Hall–Kier alpha value is -1.30. The lowest BCUT2D eigenvalue weighted by atomic mass is 10.2. The number of halogens is 3. The molecule has 1 aliphatic heterocycles. The average Bonchev–Trinajstić information content (AvgIpc) is 2.70. The van der Waals surface area contributed by atoms with E-state index in [9.17, 15) is 13.2 Å². The molecule has 3 nitrogen and oxygen atoms in total. The molecular weight excluding hydrogens is 221 g/mol. The summed E-state index contributed by atoms with van der Waals surface area (Å²) in [6.45, 7) is 1.33. The summed E-state index contributed by atoms with van der Waals surface area (Å²) in [5, 5.41) is 3.02. The highest BCUT2D eigenvalue weighted by atomic mass is 19.4. The van der Waals surface area contributed by atoms with E-state index >= 15 is 0 Å². The third-order valence-corrected chi connectivity index (χ3v) is 2.37. The molecule has 1 atom stereocenters. The summed E-state index contributed by atoms with van der Waals surface area (Å²) < 4.78 is 43.0. The number of aromatic nitrogens is 1. The fourth-order valence-corrected chi connectivity index (χ4v) is 1.59. The molecule has 1 saturated heterocycles. The third-order valence-electron chi connectivity index (χ3n) is 2.37. The van der Waals surface area contributed by atoms with Crippen LogP contribution in [0.4, 0.5) is 13.2 Å². The molecule has 0 saturated carbocycles. The van der Waals surface area contributed by atoms with Crippen LogP contribution in [0.5, 0.6) is 5.88 Å². The molecule has 88 valence electrons. The zero-order valence-corrected chi connectivity index (χ0v) is 8.42. The number of rotatable bonds is 2. The smallest absolute Gasteiger partial charge is 0.421 e. The van der Waals surface area contributed by atoms with Gasteiger partial charge in [0.15, 0.2) is 0 Å². The Balaban J connectivity index is 2.19. The normalized spacial score (nSPS) is 21.1. The molecular formula is C10H11F3N2O. The van der Waals surface area contributed by atoms with Crippen LogP contribution in [-0.2, 0) is 6.18 Å². The Morgan fingerprint density at radius 2 is 2.25 bits per heavy atom. The number of nitrogens with one attached hydrogen (secondary N) is 1. The zero-order valence-electron chi connectivity index (χ0n) is 8.42. The van der Waals surface area contributed by atoms with Gasteiger partial charge < -0.3 is 10.1 Å². The van der Waals surface area contributed by atoms with Gasteiger partial charge in [-0.2, -0.15) is 13.2 Å². The summed E-state index contributed by atoms with van der Waals surface area (Å²) in [6.07, 6.45) is -2.65.